The van der Waals surface area contributed by atoms with Crippen molar-refractivity contribution in [1.29, 1.82) is 0 Å². The van der Waals surface area contributed by atoms with Gasteiger partial charge in [0, 0.05) is 24.0 Å². The number of hydrogen-bond acceptors (Lipinski definition) is 3. The Balaban J connectivity index is 1.62. The summed E-state index contributed by atoms with van der Waals surface area (Å²) in [6, 6.07) is 26.0. The third-order valence-corrected chi connectivity index (χ3v) is 7.31. The number of rotatable bonds is 6. The molecule has 168 valence electrons. The maximum Gasteiger partial charge on any atom is 0.417 e. The van der Waals surface area contributed by atoms with E-state index in [9.17, 15) is 13.2 Å². The van der Waals surface area contributed by atoms with Crippen molar-refractivity contribution in [3.63, 3.8) is 0 Å². The third-order valence-electron chi connectivity index (χ3n) is 5.87. The molecule has 1 aliphatic rings. The molecule has 2 nitrogen and oxygen atoms in total. The van der Waals surface area contributed by atoms with Crippen molar-refractivity contribution in [2.24, 2.45) is 0 Å². The van der Waals surface area contributed by atoms with Gasteiger partial charge in [0.15, 0.2) is 0 Å². The van der Waals surface area contributed by atoms with Crippen LogP contribution in [0, 0.1) is 0 Å². The van der Waals surface area contributed by atoms with Crippen LogP contribution in [0.5, 0.6) is 0 Å². The predicted octanol–water partition coefficient (Wildman–Crippen LogP) is 7.00. The Morgan fingerprint density at radius 2 is 1.47 bits per heavy atom. The summed E-state index contributed by atoms with van der Waals surface area (Å²) in [7, 11) is 0. The minimum absolute atomic E-state index is 0.200. The van der Waals surface area contributed by atoms with Crippen LogP contribution in [0.15, 0.2) is 89.8 Å². The number of hydrogen-bond donors (Lipinski definition) is 0. The predicted molar refractivity (Wildman–Crippen MR) is 123 cm³/mol. The lowest BCUT2D eigenvalue weighted by Gasteiger charge is -2.40. The molecule has 0 bridgehead atoms. The normalized spacial score (nSPS) is 19.4. The topological polar surface area (TPSA) is 12.5 Å². The van der Waals surface area contributed by atoms with Gasteiger partial charge in [-0.3, -0.25) is 4.90 Å². The SMILES string of the molecule is C[C@@H](c1ccccc1)N1CCO[C@@H]([C@H](Sc2ccccc2C(F)(F)F)c2ccccc2)C1. The maximum absolute atomic E-state index is 13.6. The molecule has 4 rings (SSSR count). The highest BCUT2D eigenvalue weighted by atomic mass is 32.2. The van der Waals surface area contributed by atoms with Gasteiger partial charge in [-0.2, -0.15) is 13.2 Å². The lowest BCUT2D eigenvalue weighted by Crippen LogP contribution is -2.45. The lowest BCUT2D eigenvalue weighted by atomic mass is 10.0. The zero-order valence-corrected chi connectivity index (χ0v) is 18.7. The van der Waals surface area contributed by atoms with Crippen molar-refractivity contribution in [1.82, 2.24) is 4.90 Å². The van der Waals surface area contributed by atoms with Crippen LogP contribution < -0.4 is 0 Å². The molecule has 0 radical (unpaired) electrons. The number of morpholine rings is 1. The number of nitrogens with zero attached hydrogens (tertiary/aromatic N) is 1. The molecular weight excluding hydrogens is 431 g/mol. The van der Waals surface area contributed by atoms with Crippen LogP contribution in [-0.2, 0) is 10.9 Å². The molecule has 0 N–H and O–H groups in total. The first-order chi connectivity index (χ1) is 15.4. The average molecular weight is 458 g/mol. The van der Waals surface area contributed by atoms with Crippen molar-refractivity contribution in [3.05, 3.63) is 102 Å². The molecule has 3 aromatic rings. The van der Waals surface area contributed by atoms with E-state index in [4.69, 9.17) is 4.74 Å². The largest absolute Gasteiger partial charge is 0.417 e. The Kier molecular flexibility index (Phi) is 7.23. The molecule has 1 fully saturated rings. The number of ether oxygens (including phenoxy) is 1. The highest BCUT2D eigenvalue weighted by Gasteiger charge is 2.37. The van der Waals surface area contributed by atoms with E-state index < -0.39 is 11.7 Å². The number of halogens is 3. The van der Waals surface area contributed by atoms with E-state index >= 15 is 0 Å². The summed E-state index contributed by atoms with van der Waals surface area (Å²) in [5.74, 6) is 0. The molecule has 6 heteroatoms. The zero-order valence-electron chi connectivity index (χ0n) is 17.8. The Hall–Kier alpha value is -2.28. The Morgan fingerprint density at radius 3 is 2.12 bits per heavy atom. The van der Waals surface area contributed by atoms with Crippen molar-refractivity contribution >= 4 is 11.8 Å². The van der Waals surface area contributed by atoms with Gasteiger partial charge in [-0.25, -0.2) is 0 Å². The molecular formula is C26H26F3NOS. The van der Waals surface area contributed by atoms with E-state index in [-0.39, 0.29) is 22.3 Å². The second kappa shape index (κ2) is 10.1. The molecule has 3 aromatic carbocycles. The van der Waals surface area contributed by atoms with E-state index in [2.05, 4.69) is 24.0 Å². The summed E-state index contributed by atoms with van der Waals surface area (Å²) < 4.78 is 47.1. The molecule has 0 aliphatic carbocycles. The van der Waals surface area contributed by atoms with Crippen molar-refractivity contribution < 1.29 is 17.9 Å². The fraction of sp³-hybridized carbons (Fsp3) is 0.308. The molecule has 32 heavy (non-hydrogen) atoms. The fourth-order valence-electron chi connectivity index (χ4n) is 4.12. The minimum Gasteiger partial charge on any atom is -0.374 e. The molecule has 0 spiro atoms. The summed E-state index contributed by atoms with van der Waals surface area (Å²) >= 11 is 1.24. The van der Waals surface area contributed by atoms with Crippen LogP contribution in [0.4, 0.5) is 13.2 Å². The van der Waals surface area contributed by atoms with Crippen molar-refractivity contribution in [2.45, 2.75) is 35.4 Å². The minimum atomic E-state index is -4.40. The number of benzene rings is 3. The van der Waals surface area contributed by atoms with E-state index in [0.717, 1.165) is 18.2 Å². The standard InChI is InChI=1S/C26H26F3NOS/c1-19(20-10-4-2-5-11-20)30-16-17-31-23(18-30)25(21-12-6-3-7-13-21)32-24-15-9-8-14-22(24)26(27,28)29/h2-15,19,23,25H,16-18H2,1H3/t19-,23+,25+/m0/s1. The van der Waals surface area contributed by atoms with E-state index in [1.807, 2.05) is 48.5 Å². The molecule has 0 aromatic heterocycles. The number of alkyl halides is 3. The summed E-state index contributed by atoms with van der Waals surface area (Å²) in [6.45, 7) is 4.16. The fourth-order valence-corrected chi connectivity index (χ4v) is 5.47. The van der Waals surface area contributed by atoms with Crippen LogP contribution >= 0.6 is 11.8 Å². The van der Waals surface area contributed by atoms with Gasteiger partial charge in [-0.05, 0) is 30.2 Å². The summed E-state index contributed by atoms with van der Waals surface area (Å²) in [6.07, 6.45) is -4.63. The molecule has 0 amide bonds. The zero-order chi connectivity index (χ0) is 22.6. The summed E-state index contributed by atoms with van der Waals surface area (Å²) in [5, 5.41) is -0.259. The first-order valence-electron chi connectivity index (χ1n) is 10.7. The smallest absolute Gasteiger partial charge is 0.374 e. The summed E-state index contributed by atoms with van der Waals surface area (Å²) in [4.78, 5) is 2.58. The van der Waals surface area contributed by atoms with Gasteiger partial charge in [0.2, 0.25) is 0 Å². The average Bonchev–Trinajstić information content (AvgIpc) is 2.83. The van der Waals surface area contributed by atoms with E-state index in [1.54, 1.807) is 12.1 Å². The molecule has 1 saturated heterocycles. The van der Waals surface area contributed by atoms with E-state index in [1.165, 1.54) is 23.4 Å². The lowest BCUT2D eigenvalue weighted by molar-refractivity contribution is -0.139. The maximum atomic E-state index is 13.6. The van der Waals surface area contributed by atoms with Gasteiger partial charge in [-0.1, -0.05) is 72.8 Å². The van der Waals surface area contributed by atoms with Gasteiger partial charge in [0.1, 0.15) is 0 Å². The first-order valence-corrected chi connectivity index (χ1v) is 11.6. The Morgan fingerprint density at radius 1 is 0.875 bits per heavy atom. The van der Waals surface area contributed by atoms with Crippen LogP contribution in [-0.4, -0.2) is 30.7 Å². The molecule has 1 aliphatic heterocycles. The molecule has 3 atom stereocenters. The van der Waals surface area contributed by atoms with Gasteiger partial charge in [0.05, 0.1) is 23.5 Å². The molecule has 1 heterocycles. The monoisotopic (exact) mass is 457 g/mol. The number of thioether (sulfide) groups is 1. The van der Waals surface area contributed by atoms with Gasteiger partial charge < -0.3 is 4.74 Å². The van der Waals surface area contributed by atoms with E-state index in [0.29, 0.717) is 13.2 Å². The van der Waals surface area contributed by atoms with Gasteiger partial charge >= 0.3 is 6.18 Å². The van der Waals surface area contributed by atoms with Crippen LogP contribution in [0.2, 0.25) is 0 Å². The van der Waals surface area contributed by atoms with Crippen LogP contribution in [0.25, 0.3) is 0 Å². The highest BCUT2D eigenvalue weighted by molar-refractivity contribution is 7.99. The first kappa shape index (κ1) is 22.9. The van der Waals surface area contributed by atoms with Crippen LogP contribution in [0.3, 0.4) is 0 Å². The summed E-state index contributed by atoms with van der Waals surface area (Å²) in [5.41, 5.74) is 1.59. The van der Waals surface area contributed by atoms with Gasteiger partial charge in [-0.15, -0.1) is 11.8 Å². The quantitative estimate of drug-likeness (QED) is 0.370. The molecule has 0 saturated carbocycles. The molecule has 0 unspecified atom stereocenters. The van der Waals surface area contributed by atoms with Crippen molar-refractivity contribution in [3.8, 4) is 0 Å². The van der Waals surface area contributed by atoms with Crippen LogP contribution in [0.1, 0.15) is 34.9 Å². The second-order valence-electron chi connectivity index (χ2n) is 7.93. The Bertz CT molecular complexity index is 997. The highest BCUT2D eigenvalue weighted by Crippen LogP contribution is 2.45. The second-order valence-corrected chi connectivity index (χ2v) is 9.12. The van der Waals surface area contributed by atoms with Gasteiger partial charge in [0.25, 0.3) is 0 Å². The third kappa shape index (κ3) is 5.37. The Labute approximate surface area is 191 Å². The van der Waals surface area contributed by atoms with Crippen molar-refractivity contribution in [2.75, 3.05) is 19.7 Å².